The molecule has 0 heterocycles. The van der Waals surface area contributed by atoms with Gasteiger partial charge in [0.05, 0.1) is 7.11 Å². The molecule has 4 heteroatoms. The van der Waals surface area contributed by atoms with Crippen LogP contribution >= 0.6 is 0 Å². The Labute approximate surface area is 121 Å². The Hall–Kier alpha value is -1.71. The molecule has 0 radical (unpaired) electrons. The van der Waals surface area contributed by atoms with Gasteiger partial charge in [-0.15, -0.1) is 0 Å². The lowest BCUT2D eigenvalue weighted by Crippen LogP contribution is -2.22. The van der Waals surface area contributed by atoms with Crippen LogP contribution in [0.5, 0.6) is 5.75 Å². The molecule has 0 fully saturated rings. The van der Waals surface area contributed by atoms with Crippen LogP contribution in [-0.4, -0.2) is 19.3 Å². The second-order valence-electron chi connectivity index (χ2n) is 4.79. The number of nitrogens with one attached hydrogen (secondary N) is 1. The molecule has 0 aliphatic heterocycles. The molecule has 0 spiro atoms. The quantitative estimate of drug-likeness (QED) is 0.707. The predicted octanol–water partition coefficient (Wildman–Crippen LogP) is 4.60. The molecule has 0 saturated heterocycles. The van der Waals surface area contributed by atoms with Crippen LogP contribution in [0.2, 0.25) is 0 Å². The van der Waals surface area contributed by atoms with Crippen LogP contribution in [0.4, 0.5) is 10.5 Å². The van der Waals surface area contributed by atoms with E-state index in [0.29, 0.717) is 11.4 Å². The van der Waals surface area contributed by atoms with Gasteiger partial charge in [-0.3, -0.25) is 5.32 Å². The van der Waals surface area contributed by atoms with Crippen molar-refractivity contribution in [1.82, 2.24) is 0 Å². The van der Waals surface area contributed by atoms with Crippen LogP contribution in [0.15, 0.2) is 24.3 Å². The van der Waals surface area contributed by atoms with E-state index in [0.717, 1.165) is 19.3 Å². The van der Waals surface area contributed by atoms with Crippen molar-refractivity contribution < 1.29 is 14.3 Å². The first-order valence-corrected chi connectivity index (χ1v) is 7.31. The maximum absolute atomic E-state index is 11.8. The average Bonchev–Trinajstić information content (AvgIpc) is 2.46. The lowest BCUT2D eigenvalue weighted by molar-refractivity contribution is 0.101. The van der Waals surface area contributed by atoms with Crippen LogP contribution in [0.1, 0.15) is 46.0 Å². The second kappa shape index (κ2) is 9.23. The van der Waals surface area contributed by atoms with Gasteiger partial charge in [-0.1, -0.05) is 32.8 Å². The smallest absolute Gasteiger partial charge is 0.411 e. The number of carbonyl (C=O) groups is 1. The minimum absolute atomic E-state index is 0.00726. The van der Waals surface area contributed by atoms with Crippen molar-refractivity contribution in [2.24, 2.45) is 0 Å². The zero-order valence-corrected chi connectivity index (χ0v) is 12.6. The van der Waals surface area contributed by atoms with E-state index in [-0.39, 0.29) is 6.10 Å². The summed E-state index contributed by atoms with van der Waals surface area (Å²) in [7, 11) is 1.60. The SMILES string of the molecule is CCCCCC(CC)OC(=O)Nc1cccc(OC)c1. The maximum atomic E-state index is 11.8. The summed E-state index contributed by atoms with van der Waals surface area (Å²) in [5.41, 5.74) is 0.678. The lowest BCUT2D eigenvalue weighted by Gasteiger charge is -2.16. The van der Waals surface area contributed by atoms with Crippen molar-refractivity contribution in [1.29, 1.82) is 0 Å². The van der Waals surface area contributed by atoms with E-state index in [4.69, 9.17) is 9.47 Å². The molecule has 1 rings (SSSR count). The highest BCUT2D eigenvalue weighted by Crippen LogP contribution is 2.17. The molecule has 1 N–H and O–H groups in total. The predicted molar refractivity (Wildman–Crippen MR) is 81.3 cm³/mol. The van der Waals surface area contributed by atoms with Gasteiger partial charge in [-0.25, -0.2) is 4.79 Å². The van der Waals surface area contributed by atoms with Crippen molar-refractivity contribution in [3.63, 3.8) is 0 Å². The maximum Gasteiger partial charge on any atom is 0.411 e. The molecular weight excluding hydrogens is 254 g/mol. The summed E-state index contributed by atoms with van der Waals surface area (Å²) >= 11 is 0. The fraction of sp³-hybridized carbons (Fsp3) is 0.562. The highest BCUT2D eigenvalue weighted by Gasteiger charge is 2.12. The molecule has 4 nitrogen and oxygen atoms in total. The fourth-order valence-corrected chi connectivity index (χ4v) is 1.97. The fourth-order valence-electron chi connectivity index (χ4n) is 1.97. The molecule has 1 amide bonds. The summed E-state index contributed by atoms with van der Waals surface area (Å²) in [6.07, 6.45) is 4.81. The van der Waals surface area contributed by atoms with Crippen LogP contribution in [0.25, 0.3) is 0 Å². The number of anilines is 1. The highest BCUT2D eigenvalue weighted by molar-refractivity contribution is 5.84. The molecule has 0 aliphatic carbocycles. The Balaban J connectivity index is 2.44. The Kier molecular flexibility index (Phi) is 7.55. The zero-order valence-electron chi connectivity index (χ0n) is 12.6. The number of hydrogen-bond donors (Lipinski definition) is 1. The average molecular weight is 279 g/mol. The van der Waals surface area contributed by atoms with Gasteiger partial charge in [0, 0.05) is 11.8 Å². The summed E-state index contributed by atoms with van der Waals surface area (Å²) in [6, 6.07) is 7.23. The zero-order chi connectivity index (χ0) is 14.8. The third-order valence-electron chi connectivity index (χ3n) is 3.17. The van der Waals surface area contributed by atoms with Gasteiger partial charge in [0.15, 0.2) is 0 Å². The number of methoxy groups -OCH3 is 1. The van der Waals surface area contributed by atoms with Crippen molar-refractivity contribution in [2.75, 3.05) is 12.4 Å². The van der Waals surface area contributed by atoms with E-state index >= 15 is 0 Å². The lowest BCUT2D eigenvalue weighted by atomic mass is 10.1. The summed E-state index contributed by atoms with van der Waals surface area (Å²) in [5, 5.41) is 2.73. The number of unbranched alkanes of at least 4 members (excludes halogenated alkanes) is 2. The van der Waals surface area contributed by atoms with E-state index < -0.39 is 6.09 Å². The van der Waals surface area contributed by atoms with Crippen molar-refractivity contribution in [2.45, 2.75) is 52.1 Å². The topological polar surface area (TPSA) is 47.6 Å². The minimum atomic E-state index is -0.401. The molecule has 20 heavy (non-hydrogen) atoms. The molecule has 0 aromatic heterocycles. The minimum Gasteiger partial charge on any atom is -0.497 e. The number of carbonyl (C=O) groups excluding carboxylic acids is 1. The molecule has 1 unspecified atom stereocenters. The molecule has 1 aromatic carbocycles. The van der Waals surface area contributed by atoms with Crippen LogP contribution in [0, 0.1) is 0 Å². The Morgan fingerprint density at radius 1 is 1.30 bits per heavy atom. The summed E-state index contributed by atoms with van der Waals surface area (Å²) in [6.45, 7) is 4.20. The molecule has 0 bridgehead atoms. The van der Waals surface area contributed by atoms with E-state index in [2.05, 4.69) is 12.2 Å². The molecule has 1 aromatic rings. The molecule has 112 valence electrons. The molecular formula is C16H25NO3. The van der Waals surface area contributed by atoms with E-state index in [1.54, 1.807) is 13.2 Å². The normalized spacial score (nSPS) is 11.8. The monoisotopic (exact) mass is 279 g/mol. The number of hydrogen-bond acceptors (Lipinski definition) is 3. The standard InChI is InChI=1S/C16H25NO3/c1-4-6-7-10-14(5-2)20-16(18)17-13-9-8-11-15(12-13)19-3/h8-9,11-12,14H,4-7,10H2,1-3H3,(H,17,18). The first kappa shape index (κ1) is 16.3. The number of benzene rings is 1. The van der Waals surface area contributed by atoms with Crippen LogP contribution < -0.4 is 10.1 Å². The van der Waals surface area contributed by atoms with Gasteiger partial charge in [0.1, 0.15) is 11.9 Å². The number of ether oxygens (including phenoxy) is 2. The molecule has 0 saturated carbocycles. The van der Waals surface area contributed by atoms with E-state index in [1.807, 2.05) is 25.1 Å². The summed E-state index contributed by atoms with van der Waals surface area (Å²) in [5.74, 6) is 0.706. The van der Waals surface area contributed by atoms with Gasteiger partial charge in [-0.2, -0.15) is 0 Å². The molecule has 0 aliphatic rings. The van der Waals surface area contributed by atoms with Gasteiger partial charge in [0.2, 0.25) is 0 Å². The van der Waals surface area contributed by atoms with Gasteiger partial charge in [0.25, 0.3) is 0 Å². The highest BCUT2D eigenvalue weighted by atomic mass is 16.6. The Morgan fingerprint density at radius 2 is 2.10 bits per heavy atom. The van der Waals surface area contributed by atoms with Crippen molar-refractivity contribution in [3.05, 3.63) is 24.3 Å². The summed E-state index contributed by atoms with van der Waals surface area (Å²) < 4.78 is 10.5. The third-order valence-corrected chi connectivity index (χ3v) is 3.17. The van der Waals surface area contributed by atoms with Crippen molar-refractivity contribution in [3.8, 4) is 5.75 Å². The van der Waals surface area contributed by atoms with Gasteiger partial charge < -0.3 is 9.47 Å². The first-order chi connectivity index (χ1) is 9.69. The third kappa shape index (κ3) is 5.95. The number of rotatable bonds is 8. The van der Waals surface area contributed by atoms with Gasteiger partial charge >= 0.3 is 6.09 Å². The first-order valence-electron chi connectivity index (χ1n) is 7.31. The summed E-state index contributed by atoms with van der Waals surface area (Å²) in [4.78, 5) is 11.8. The van der Waals surface area contributed by atoms with Gasteiger partial charge in [-0.05, 0) is 31.4 Å². The Morgan fingerprint density at radius 3 is 2.75 bits per heavy atom. The van der Waals surface area contributed by atoms with Crippen LogP contribution in [-0.2, 0) is 4.74 Å². The van der Waals surface area contributed by atoms with Crippen LogP contribution in [0.3, 0.4) is 0 Å². The van der Waals surface area contributed by atoms with E-state index in [9.17, 15) is 4.79 Å². The molecule has 1 atom stereocenters. The Bertz CT molecular complexity index is 406. The van der Waals surface area contributed by atoms with E-state index in [1.165, 1.54) is 12.8 Å². The van der Waals surface area contributed by atoms with Crippen molar-refractivity contribution >= 4 is 11.8 Å². The second-order valence-corrected chi connectivity index (χ2v) is 4.79. The largest absolute Gasteiger partial charge is 0.497 e. The number of amides is 1.